The number of aromatic nitrogens is 1. The van der Waals surface area contributed by atoms with E-state index in [0.717, 1.165) is 12.8 Å². The summed E-state index contributed by atoms with van der Waals surface area (Å²) in [5.74, 6) is 0. The summed E-state index contributed by atoms with van der Waals surface area (Å²) in [4.78, 5) is 5.31. The van der Waals surface area contributed by atoms with E-state index in [1.165, 1.54) is 10.4 Å². The Labute approximate surface area is 91.4 Å². The van der Waals surface area contributed by atoms with Gasteiger partial charge in [0.1, 0.15) is 0 Å². The molecule has 0 saturated heterocycles. The Hall–Kier alpha value is -0.710. The molecule has 2 aromatic rings. The van der Waals surface area contributed by atoms with Gasteiger partial charge in [-0.15, -0.1) is 11.3 Å². The van der Waals surface area contributed by atoms with Crippen LogP contribution in [0.2, 0.25) is 0 Å². The first-order valence-corrected chi connectivity index (χ1v) is 6.31. The molecule has 2 rings (SSSR count). The van der Waals surface area contributed by atoms with Gasteiger partial charge in [-0.25, -0.2) is 0 Å². The number of rotatable bonds is 4. The lowest BCUT2D eigenvalue weighted by atomic mass is 10.1. The van der Waals surface area contributed by atoms with Gasteiger partial charge >= 0.3 is 0 Å². The van der Waals surface area contributed by atoms with Gasteiger partial charge in [-0.05, 0) is 35.2 Å². The first-order valence-electron chi connectivity index (χ1n) is 4.48. The molecular formula is C10H12N2S2. The molecule has 0 amide bonds. The maximum absolute atomic E-state index is 6.04. The zero-order chi connectivity index (χ0) is 9.80. The molecule has 0 aliphatic carbocycles. The van der Waals surface area contributed by atoms with Gasteiger partial charge in [0.15, 0.2) is 0 Å². The molecule has 0 bridgehead atoms. The summed E-state index contributed by atoms with van der Waals surface area (Å²) >= 11 is 3.40. The zero-order valence-corrected chi connectivity index (χ0v) is 9.35. The van der Waals surface area contributed by atoms with Crippen LogP contribution in [0, 0.1) is 0 Å². The van der Waals surface area contributed by atoms with Crippen LogP contribution in [-0.2, 0) is 12.8 Å². The fraction of sp³-hybridized carbons (Fsp3) is 0.300. The molecule has 0 aliphatic rings. The summed E-state index contributed by atoms with van der Waals surface area (Å²) in [5, 5.41) is 4.25. The second-order valence-electron chi connectivity index (χ2n) is 3.27. The number of hydrogen-bond acceptors (Lipinski definition) is 4. The minimum absolute atomic E-state index is 0.213. The molecule has 1 unspecified atom stereocenters. The van der Waals surface area contributed by atoms with Crippen molar-refractivity contribution >= 4 is 22.7 Å². The fourth-order valence-electron chi connectivity index (χ4n) is 1.39. The van der Waals surface area contributed by atoms with Gasteiger partial charge in [0.05, 0.1) is 5.51 Å². The summed E-state index contributed by atoms with van der Waals surface area (Å²) in [7, 11) is 0. The molecule has 14 heavy (non-hydrogen) atoms. The van der Waals surface area contributed by atoms with E-state index >= 15 is 0 Å². The third-order valence-corrected chi connectivity index (χ3v) is 3.56. The van der Waals surface area contributed by atoms with E-state index in [-0.39, 0.29) is 6.04 Å². The Kier molecular flexibility index (Phi) is 3.29. The first-order chi connectivity index (χ1) is 6.84. The predicted molar refractivity (Wildman–Crippen MR) is 61.8 cm³/mol. The van der Waals surface area contributed by atoms with Crippen LogP contribution in [0.25, 0.3) is 0 Å². The number of nitrogens with zero attached hydrogens (tertiary/aromatic N) is 1. The standard InChI is InChI=1S/C10H12N2S2/c11-9(3-8-1-2-13-6-8)4-10-5-12-7-14-10/h1-2,5-7,9H,3-4,11H2. The lowest BCUT2D eigenvalue weighted by Crippen LogP contribution is -2.24. The largest absolute Gasteiger partial charge is 0.327 e. The van der Waals surface area contributed by atoms with Gasteiger partial charge in [0, 0.05) is 17.1 Å². The van der Waals surface area contributed by atoms with Gasteiger partial charge in [0.25, 0.3) is 0 Å². The van der Waals surface area contributed by atoms with E-state index in [0.29, 0.717) is 0 Å². The molecule has 2 heterocycles. The second kappa shape index (κ2) is 4.68. The summed E-state index contributed by atoms with van der Waals surface area (Å²) in [5.41, 5.74) is 9.23. The highest BCUT2D eigenvalue weighted by atomic mass is 32.1. The Morgan fingerprint density at radius 3 is 3.00 bits per heavy atom. The molecule has 0 aromatic carbocycles. The zero-order valence-electron chi connectivity index (χ0n) is 7.72. The topological polar surface area (TPSA) is 38.9 Å². The average Bonchev–Trinajstić information content (AvgIpc) is 2.76. The smallest absolute Gasteiger partial charge is 0.0794 e. The van der Waals surface area contributed by atoms with Crippen LogP contribution in [-0.4, -0.2) is 11.0 Å². The van der Waals surface area contributed by atoms with E-state index < -0.39 is 0 Å². The minimum Gasteiger partial charge on any atom is -0.327 e. The third kappa shape index (κ3) is 2.64. The van der Waals surface area contributed by atoms with Crippen LogP contribution in [0.15, 0.2) is 28.5 Å². The van der Waals surface area contributed by atoms with E-state index in [9.17, 15) is 0 Å². The van der Waals surface area contributed by atoms with E-state index in [1.54, 1.807) is 22.7 Å². The average molecular weight is 224 g/mol. The Balaban J connectivity index is 1.88. The lowest BCUT2D eigenvalue weighted by molar-refractivity contribution is 0.671. The molecule has 1 atom stereocenters. The van der Waals surface area contributed by atoms with Gasteiger partial charge in [-0.1, -0.05) is 0 Å². The van der Waals surface area contributed by atoms with Gasteiger partial charge < -0.3 is 5.73 Å². The second-order valence-corrected chi connectivity index (χ2v) is 5.02. The highest BCUT2D eigenvalue weighted by Gasteiger charge is 2.06. The third-order valence-electron chi connectivity index (χ3n) is 2.02. The lowest BCUT2D eigenvalue weighted by Gasteiger charge is -2.07. The van der Waals surface area contributed by atoms with E-state index in [1.807, 2.05) is 11.7 Å². The molecule has 2 N–H and O–H groups in total. The maximum Gasteiger partial charge on any atom is 0.0794 e. The summed E-state index contributed by atoms with van der Waals surface area (Å²) in [6.07, 6.45) is 3.79. The highest BCUT2D eigenvalue weighted by Crippen LogP contribution is 2.12. The molecule has 2 aromatic heterocycles. The van der Waals surface area contributed by atoms with Crippen molar-refractivity contribution in [2.24, 2.45) is 5.73 Å². The SMILES string of the molecule is NC(Cc1ccsc1)Cc1cncs1. The van der Waals surface area contributed by atoms with Crippen molar-refractivity contribution in [3.63, 3.8) is 0 Å². The Bertz CT molecular complexity index is 317. The molecular weight excluding hydrogens is 212 g/mol. The minimum atomic E-state index is 0.213. The van der Waals surface area contributed by atoms with Crippen LogP contribution < -0.4 is 5.73 Å². The quantitative estimate of drug-likeness (QED) is 0.865. The fourth-order valence-corrected chi connectivity index (χ4v) is 2.76. The van der Waals surface area contributed by atoms with Crippen molar-refractivity contribution in [2.45, 2.75) is 18.9 Å². The molecule has 0 fully saturated rings. The molecule has 4 heteroatoms. The highest BCUT2D eigenvalue weighted by molar-refractivity contribution is 7.09. The Morgan fingerprint density at radius 2 is 2.36 bits per heavy atom. The number of hydrogen-bond donors (Lipinski definition) is 1. The van der Waals surface area contributed by atoms with Crippen LogP contribution in [0.1, 0.15) is 10.4 Å². The van der Waals surface area contributed by atoms with Crippen LogP contribution >= 0.6 is 22.7 Å². The number of nitrogens with two attached hydrogens (primary N) is 1. The summed E-state index contributed by atoms with van der Waals surface area (Å²) in [6.45, 7) is 0. The molecule has 0 spiro atoms. The summed E-state index contributed by atoms with van der Waals surface area (Å²) < 4.78 is 0. The van der Waals surface area contributed by atoms with Crippen LogP contribution in [0.3, 0.4) is 0 Å². The van der Waals surface area contributed by atoms with Crippen molar-refractivity contribution in [2.75, 3.05) is 0 Å². The van der Waals surface area contributed by atoms with Crippen LogP contribution in [0.4, 0.5) is 0 Å². The van der Waals surface area contributed by atoms with Crippen molar-refractivity contribution in [1.82, 2.24) is 4.98 Å². The molecule has 0 saturated carbocycles. The normalized spacial score (nSPS) is 12.9. The predicted octanol–water partition coefficient (Wildman–Crippen LogP) is 2.32. The van der Waals surface area contributed by atoms with E-state index in [2.05, 4.69) is 21.8 Å². The number of thiophene rings is 1. The van der Waals surface area contributed by atoms with Gasteiger partial charge in [-0.3, -0.25) is 4.98 Å². The van der Waals surface area contributed by atoms with Crippen molar-refractivity contribution < 1.29 is 0 Å². The van der Waals surface area contributed by atoms with Crippen LogP contribution in [0.5, 0.6) is 0 Å². The summed E-state index contributed by atoms with van der Waals surface area (Å²) in [6, 6.07) is 2.35. The van der Waals surface area contributed by atoms with Gasteiger partial charge in [0.2, 0.25) is 0 Å². The first kappa shape index (κ1) is 9.83. The maximum atomic E-state index is 6.04. The Morgan fingerprint density at radius 1 is 1.43 bits per heavy atom. The van der Waals surface area contributed by atoms with E-state index in [4.69, 9.17) is 5.73 Å². The number of thiazole rings is 1. The molecule has 0 radical (unpaired) electrons. The molecule has 2 nitrogen and oxygen atoms in total. The van der Waals surface area contributed by atoms with Crippen molar-refractivity contribution in [1.29, 1.82) is 0 Å². The van der Waals surface area contributed by atoms with Crippen molar-refractivity contribution in [3.8, 4) is 0 Å². The van der Waals surface area contributed by atoms with Gasteiger partial charge in [-0.2, -0.15) is 11.3 Å². The van der Waals surface area contributed by atoms with Crippen molar-refractivity contribution in [3.05, 3.63) is 39.0 Å². The monoisotopic (exact) mass is 224 g/mol. The molecule has 74 valence electrons. The molecule has 0 aliphatic heterocycles.